The van der Waals surface area contributed by atoms with Gasteiger partial charge < -0.3 is 10.1 Å². The summed E-state index contributed by atoms with van der Waals surface area (Å²) in [6.45, 7) is 3.68. The van der Waals surface area contributed by atoms with Crippen LogP contribution in [-0.4, -0.2) is 6.04 Å². The first-order chi connectivity index (χ1) is 11.3. The van der Waals surface area contributed by atoms with E-state index in [9.17, 15) is 0 Å². The average molecular weight is 309 g/mol. The molecule has 1 N–H and O–H groups in total. The van der Waals surface area contributed by atoms with Crippen LogP contribution in [0.4, 0.5) is 0 Å². The van der Waals surface area contributed by atoms with Gasteiger partial charge in [0.05, 0.1) is 0 Å². The largest absolute Gasteiger partial charge is 0.489 e. The van der Waals surface area contributed by atoms with Gasteiger partial charge in [-0.3, -0.25) is 0 Å². The van der Waals surface area contributed by atoms with Gasteiger partial charge in [-0.15, -0.1) is 0 Å². The third-order valence-corrected chi connectivity index (χ3v) is 4.59. The average Bonchev–Trinajstić information content (AvgIpc) is 2.60. The van der Waals surface area contributed by atoms with E-state index >= 15 is 0 Å². The molecule has 0 radical (unpaired) electrons. The van der Waals surface area contributed by atoms with Gasteiger partial charge >= 0.3 is 0 Å². The van der Waals surface area contributed by atoms with Gasteiger partial charge in [0.1, 0.15) is 12.4 Å². The summed E-state index contributed by atoms with van der Waals surface area (Å²) >= 11 is 0. The van der Waals surface area contributed by atoms with E-state index in [1.807, 2.05) is 6.07 Å². The number of hydrogen-bond donors (Lipinski definition) is 1. The molecule has 2 aromatic carbocycles. The molecule has 1 saturated carbocycles. The molecule has 0 aliphatic heterocycles. The van der Waals surface area contributed by atoms with Crippen molar-refractivity contribution in [1.29, 1.82) is 0 Å². The van der Waals surface area contributed by atoms with Gasteiger partial charge in [0.2, 0.25) is 0 Å². The summed E-state index contributed by atoms with van der Waals surface area (Å²) in [6.07, 6.45) is 6.79. The highest BCUT2D eigenvalue weighted by atomic mass is 16.5. The summed E-state index contributed by atoms with van der Waals surface area (Å²) in [5.74, 6) is 0.953. The Hall–Kier alpha value is -1.80. The van der Waals surface area contributed by atoms with Crippen LogP contribution in [-0.2, 0) is 13.2 Å². The lowest BCUT2D eigenvalue weighted by Crippen LogP contribution is -2.30. The summed E-state index contributed by atoms with van der Waals surface area (Å²) in [5, 5.41) is 3.69. The monoisotopic (exact) mass is 309 g/mol. The molecule has 122 valence electrons. The Kier molecular flexibility index (Phi) is 5.71. The van der Waals surface area contributed by atoms with Gasteiger partial charge in [-0.25, -0.2) is 0 Å². The van der Waals surface area contributed by atoms with Crippen molar-refractivity contribution in [2.24, 2.45) is 0 Å². The summed E-state index contributed by atoms with van der Waals surface area (Å²) in [4.78, 5) is 0. The van der Waals surface area contributed by atoms with Gasteiger partial charge in [0.25, 0.3) is 0 Å². The van der Waals surface area contributed by atoms with Crippen LogP contribution in [0.25, 0.3) is 0 Å². The number of hydrogen-bond acceptors (Lipinski definition) is 2. The summed E-state index contributed by atoms with van der Waals surface area (Å²) in [7, 11) is 0. The molecule has 23 heavy (non-hydrogen) atoms. The molecular formula is C21H27NO. The molecule has 0 spiro atoms. The molecule has 2 aromatic rings. The Morgan fingerprint density at radius 2 is 1.74 bits per heavy atom. The number of rotatable bonds is 6. The van der Waals surface area contributed by atoms with Crippen LogP contribution >= 0.6 is 0 Å². The second-order valence-electron chi connectivity index (χ2n) is 6.64. The number of nitrogens with one attached hydrogen (secondary N) is 1. The smallest absolute Gasteiger partial charge is 0.120 e. The van der Waals surface area contributed by atoms with Crippen molar-refractivity contribution in [2.45, 2.75) is 58.2 Å². The Labute approximate surface area is 139 Å². The van der Waals surface area contributed by atoms with Crippen molar-refractivity contribution >= 4 is 0 Å². The first kappa shape index (κ1) is 16.1. The molecule has 0 saturated heterocycles. The zero-order valence-corrected chi connectivity index (χ0v) is 14.1. The molecule has 1 aliphatic carbocycles. The minimum Gasteiger partial charge on any atom is -0.489 e. The van der Waals surface area contributed by atoms with Crippen molar-refractivity contribution in [2.75, 3.05) is 0 Å². The predicted molar refractivity (Wildman–Crippen MR) is 95.7 cm³/mol. The maximum atomic E-state index is 5.95. The van der Waals surface area contributed by atoms with E-state index in [2.05, 4.69) is 54.7 Å². The van der Waals surface area contributed by atoms with E-state index in [1.165, 1.54) is 48.8 Å². The molecule has 1 fully saturated rings. The lowest BCUT2D eigenvalue weighted by molar-refractivity contribution is 0.305. The van der Waals surface area contributed by atoms with Crippen LogP contribution in [0.2, 0.25) is 0 Å². The lowest BCUT2D eigenvalue weighted by Gasteiger charge is -2.23. The van der Waals surface area contributed by atoms with E-state index < -0.39 is 0 Å². The maximum Gasteiger partial charge on any atom is 0.120 e. The third kappa shape index (κ3) is 5.11. The molecule has 0 unspecified atom stereocenters. The lowest BCUT2D eigenvalue weighted by atomic mass is 9.95. The first-order valence-corrected chi connectivity index (χ1v) is 8.80. The Bertz CT molecular complexity index is 617. The SMILES string of the molecule is Cc1cccc(COc2cccc(CNC3CCCCC3)c2)c1. The highest BCUT2D eigenvalue weighted by Gasteiger charge is 2.12. The van der Waals surface area contributed by atoms with Crippen LogP contribution in [0.5, 0.6) is 5.75 Å². The van der Waals surface area contributed by atoms with Gasteiger partial charge in [-0.1, -0.05) is 61.2 Å². The van der Waals surface area contributed by atoms with Gasteiger partial charge in [0, 0.05) is 12.6 Å². The molecule has 2 nitrogen and oxygen atoms in total. The zero-order valence-electron chi connectivity index (χ0n) is 14.1. The predicted octanol–water partition coefficient (Wildman–Crippen LogP) is 5.00. The van der Waals surface area contributed by atoms with Crippen LogP contribution < -0.4 is 10.1 Å². The van der Waals surface area contributed by atoms with E-state index in [-0.39, 0.29) is 0 Å². The fourth-order valence-corrected chi connectivity index (χ4v) is 3.28. The molecule has 2 heteroatoms. The minimum absolute atomic E-state index is 0.626. The normalized spacial score (nSPS) is 15.5. The third-order valence-electron chi connectivity index (χ3n) is 4.59. The Morgan fingerprint density at radius 1 is 0.957 bits per heavy atom. The van der Waals surface area contributed by atoms with Crippen molar-refractivity contribution in [3.63, 3.8) is 0 Å². The van der Waals surface area contributed by atoms with Crippen molar-refractivity contribution in [3.05, 3.63) is 65.2 Å². The minimum atomic E-state index is 0.626. The molecule has 0 atom stereocenters. The van der Waals surface area contributed by atoms with Gasteiger partial charge in [-0.2, -0.15) is 0 Å². The fourth-order valence-electron chi connectivity index (χ4n) is 3.28. The standard InChI is InChI=1S/C21H27NO/c1-17-7-5-9-19(13-17)16-23-21-12-6-8-18(14-21)15-22-20-10-3-2-4-11-20/h5-9,12-14,20,22H,2-4,10-11,15-16H2,1H3. The number of ether oxygens (including phenoxy) is 1. The fraction of sp³-hybridized carbons (Fsp3) is 0.429. The highest BCUT2D eigenvalue weighted by Crippen LogP contribution is 2.19. The molecule has 1 aliphatic rings. The molecule has 0 amide bonds. The van der Waals surface area contributed by atoms with Crippen LogP contribution in [0.3, 0.4) is 0 Å². The number of benzene rings is 2. The van der Waals surface area contributed by atoms with Gasteiger partial charge in [0.15, 0.2) is 0 Å². The molecule has 0 heterocycles. The van der Waals surface area contributed by atoms with Crippen LogP contribution in [0.15, 0.2) is 48.5 Å². The number of aryl methyl sites for hydroxylation is 1. The maximum absolute atomic E-state index is 5.95. The molecule has 0 bridgehead atoms. The van der Waals surface area contributed by atoms with Crippen LogP contribution in [0, 0.1) is 6.92 Å². The van der Waals surface area contributed by atoms with Gasteiger partial charge in [-0.05, 0) is 43.0 Å². The second-order valence-corrected chi connectivity index (χ2v) is 6.64. The molecule has 0 aromatic heterocycles. The van der Waals surface area contributed by atoms with Crippen LogP contribution in [0.1, 0.15) is 48.8 Å². The van der Waals surface area contributed by atoms with E-state index in [1.54, 1.807) is 0 Å². The Morgan fingerprint density at radius 3 is 2.57 bits per heavy atom. The quantitative estimate of drug-likeness (QED) is 0.811. The summed E-state index contributed by atoms with van der Waals surface area (Å²) in [5.41, 5.74) is 3.80. The van der Waals surface area contributed by atoms with E-state index in [4.69, 9.17) is 4.74 Å². The Balaban J connectivity index is 1.52. The van der Waals surface area contributed by atoms with Crippen molar-refractivity contribution < 1.29 is 4.74 Å². The second kappa shape index (κ2) is 8.16. The summed E-state index contributed by atoms with van der Waals surface area (Å²) in [6, 6.07) is 17.6. The van der Waals surface area contributed by atoms with Crippen molar-refractivity contribution in [1.82, 2.24) is 5.32 Å². The highest BCUT2D eigenvalue weighted by molar-refractivity contribution is 5.29. The topological polar surface area (TPSA) is 21.3 Å². The van der Waals surface area contributed by atoms with E-state index in [0.29, 0.717) is 12.6 Å². The van der Waals surface area contributed by atoms with E-state index in [0.717, 1.165) is 12.3 Å². The molecular weight excluding hydrogens is 282 g/mol. The first-order valence-electron chi connectivity index (χ1n) is 8.80. The summed E-state index contributed by atoms with van der Waals surface area (Å²) < 4.78 is 5.95. The zero-order chi connectivity index (χ0) is 15.9. The molecule has 3 rings (SSSR count). The van der Waals surface area contributed by atoms with Crippen molar-refractivity contribution in [3.8, 4) is 5.75 Å².